The fourth-order valence-corrected chi connectivity index (χ4v) is 3.99. The summed E-state index contributed by atoms with van der Waals surface area (Å²) in [5.74, 6) is 0.474. The van der Waals surface area contributed by atoms with Crippen LogP contribution in [0, 0.1) is 5.92 Å². The molecular formula is C19H25NOS. The Kier molecular flexibility index (Phi) is 5.65. The molecule has 3 rings (SSSR count). The highest BCUT2D eigenvalue weighted by Crippen LogP contribution is 2.24. The zero-order valence-electron chi connectivity index (χ0n) is 13.0. The zero-order valence-corrected chi connectivity index (χ0v) is 13.8. The number of aliphatic hydroxyl groups is 1. The third-order valence-electron chi connectivity index (χ3n) is 4.73. The van der Waals surface area contributed by atoms with Gasteiger partial charge in [-0.25, -0.2) is 0 Å². The monoisotopic (exact) mass is 315 g/mol. The van der Waals surface area contributed by atoms with Crippen LogP contribution in [0.4, 0.5) is 0 Å². The maximum atomic E-state index is 10.5. The van der Waals surface area contributed by atoms with Crippen LogP contribution in [-0.2, 0) is 13.0 Å². The fourth-order valence-electron chi connectivity index (χ4n) is 3.33. The molecule has 1 aliphatic rings. The summed E-state index contributed by atoms with van der Waals surface area (Å²) >= 11 is 1.77. The SMILES string of the molecule is OC(CCc1ccccc1)C1CCN(Cc2ccsc2)CC1. The fraction of sp³-hybridized carbons (Fsp3) is 0.474. The molecule has 1 unspecified atom stereocenters. The number of hydrogen-bond acceptors (Lipinski definition) is 3. The Labute approximate surface area is 137 Å². The van der Waals surface area contributed by atoms with Crippen molar-refractivity contribution in [2.45, 2.75) is 38.3 Å². The summed E-state index contributed by atoms with van der Waals surface area (Å²) in [7, 11) is 0. The lowest BCUT2D eigenvalue weighted by atomic mass is 9.88. The van der Waals surface area contributed by atoms with E-state index in [2.05, 4.69) is 46.0 Å². The van der Waals surface area contributed by atoms with Crippen LogP contribution >= 0.6 is 11.3 Å². The van der Waals surface area contributed by atoms with Crippen molar-refractivity contribution in [2.75, 3.05) is 13.1 Å². The van der Waals surface area contributed by atoms with Crippen LogP contribution in [0.3, 0.4) is 0 Å². The summed E-state index contributed by atoms with van der Waals surface area (Å²) in [5, 5.41) is 14.8. The number of hydrogen-bond donors (Lipinski definition) is 1. The molecule has 118 valence electrons. The van der Waals surface area contributed by atoms with Gasteiger partial charge in [-0.2, -0.15) is 11.3 Å². The molecule has 1 N–H and O–H groups in total. The standard InChI is InChI=1S/C19H25NOS/c21-19(7-6-16-4-2-1-3-5-16)18-8-11-20(12-9-18)14-17-10-13-22-15-17/h1-5,10,13,15,18-19,21H,6-9,11-12,14H2. The van der Waals surface area contributed by atoms with Gasteiger partial charge in [0.15, 0.2) is 0 Å². The van der Waals surface area contributed by atoms with Gasteiger partial charge in [-0.05, 0) is 72.6 Å². The van der Waals surface area contributed by atoms with Crippen LogP contribution in [0.2, 0.25) is 0 Å². The summed E-state index contributed by atoms with van der Waals surface area (Å²) < 4.78 is 0. The van der Waals surface area contributed by atoms with Crippen LogP contribution < -0.4 is 0 Å². The van der Waals surface area contributed by atoms with Crippen LogP contribution in [-0.4, -0.2) is 29.2 Å². The van der Waals surface area contributed by atoms with Crippen LogP contribution in [0.5, 0.6) is 0 Å². The van der Waals surface area contributed by atoms with E-state index in [9.17, 15) is 5.11 Å². The van der Waals surface area contributed by atoms with Gasteiger partial charge in [0.05, 0.1) is 6.10 Å². The van der Waals surface area contributed by atoms with E-state index in [1.807, 2.05) is 6.07 Å². The minimum atomic E-state index is -0.150. The first-order valence-corrected chi connectivity index (χ1v) is 9.21. The number of piperidine rings is 1. The maximum absolute atomic E-state index is 10.5. The van der Waals surface area contributed by atoms with E-state index in [1.165, 1.54) is 11.1 Å². The van der Waals surface area contributed by atoms with E-state index in [0.717, 1.165) is 45.3 Å². The van der Waals surface area contributed by atoms with E-state index < -0.39 is 0 Å². The van der Waals surface area contributed by atoms with Crippen molar-refractivity contribution >= 4 is 11.3 Å². The number of nitrogens with zero attached hydrogens (tertiary/aromatic N) is 1. The number of likely N-dealkylation sites (tertiary alicyclic amines) is 1. The Morgan fingerprint density at radius 3 is 2.55 bits per heavy atom. The minimum Gasteiger partial charge on any atom is -0.393 e. The van der Waals surface area contributed by atoms with Crippen LogP contribution in [0.25, 0.3) is 0 Å². The Hall–Kier alpha value is -1.16. The highest BCUT2D eigenvalue weighted by Gasteiger charge is 2.25. The molecule has 0 saturated carbocycles. The van der Waals surface area contributed by atoms with Crippen molar-refractivity contribution in [1.29, 1.82) is 0 Å². The first-order valence-electron chi connectivity index (χ1n) is 8.26. The van der Waals surface area contributed by atoms with Gasteiger partial charge >= 0.3 is 0 Å². The van der Waals surface area contributed by atoms with E-state index in [-0.39, 0.29) is 6.10 Å². The lowest BCUT2D eigenvalue weighted by Crippen LogP contribution is -2.37. The molecule has 1 aromatic heterocycles. The number of benzene rings is 1. The van der Waals surface area contributed by atoms with Gasteiger partial charge in [0.25, 0.3) is 0 Å². The third kappa shape index (κ3) is 4.42. The summed E-state index contributed by atoms with van der Waals surface area (Å²) in [6.45, 7) is 3.29. The van der Waals surface area contributed by atoms with Crippen molar-refractivity contribution in [1.82, 2.24) is 4.90 Å². The van der Waals surface area contributed by atoms with Gasteiger partial charge in [0.2, 0.25) is 0 Å². The Morgan fingerprint density at radius 1 is 1.09 bits per heavy atom. The normalized spacial score (nSPS) is 18.4. The van der Waals surface area contributed by atoms with Gasteiger partial charge in [0, 0.05) is 6.54 Å². The topological polar surface area (TPSA) is 23.5 Å². The van der Waals surface area contributed by atoms with Gasteiger partial charge in [0.1, 0.15) is 0 Å². The van der Waals surface area contributed by atoms with Gasteiger partial charge in [-0.1, -0.05) is 30.3 Å². The third-order valence-corrected chi connectivity index (χ3v) is 5.47. The molecule has 1 fully saturated rings. The molecular weight excluding hydrogens is 290 g/mol. The molecule has 0 bridgehead atoms. The number of aliphatic hydroxyl groups excluding tert-OH is 1. The molecule has 0 radical (unpaired) electrons. The quantitative estimate of drug-likeness (QED) is 0.872. The molecule has 1 atom stereocenters. The largest absolute Gasteiger partial charge is 0.393 e. The lowest BCUT2D eigenvalue weighted by molar-refractivity contribution is 0.0520. The molecule has 1 aromatic carbocycles. The van der Waals surface area contributed by atoms with Gasteiger partial charge in [-0.15, -0.1) is 0 Å². The summed E-state index contributed by atoms with van der Waals surface area (Å²) in [4.78, 5) is 2.52. The highest BCUT2D eigenvalue weighted by atomic mass is 32.1. The Bertz CT molecular complexity index is 532. The Balaban J connectivity index is 1.40. The molecule has 22 heavy (non-hydrogen) atoms. The van der Waals surface area contributed by atoms with Crippen molar-refractivity contribution in [3.8, 4) is 0 Å². The lowest BCUT2D eigenvalue weighted by Gasteiger charge is -2.34. The number of rotatable bonds is 6. The predicted octanol–water partition coefficient (Wildman–Crippen LogP) is 3.95. The van der Waals surface area contributed by atoms with E-state index in [4.69, 9.17) is 0 Å². The van der Waals surface area contributed by atoms with Crippen molar-refractivity contribution in [2.24, 2.45) is 5.92 Å². The number of aryl methyl sites for hydroxylation is 1. The molecule has 0 aliphatic carbocycles. The van der Waals surface area contributed by atoms with E-state index in [0.29, 0.717) is 5.92 Å². The van der Waals surface area contributed by atoms with E-state index in [1.54, 1.807) is 11.3 Å². The smallest absolute Gasteiger partial charge is 0.0572 e. The average molecular weight is 315 g/mol. The molecule has 1 saturated heterocycles. The molecule has 1 aliphatic heterocycles. The van der Waals surface area contributed by atoms with Crippen LogP contribution in [0.1, 0.15) is 30.4 Å². The molecule has 0 amide bonds. The second-order valence-electron chi connectivity index (χ2n) is 6.34. The molecule has 0 spiro atoms. The van der Waals surface area contributed by atoms with Gasteiger partial charge in [-0.3, -0.25) is 4.90 Å². The molecule has 2 heterocycles. The zero-order chi connectivity index (χ0) is 15.2. The second-order valence-corrected chi connectivity index (χ2v) is 7.12. The number of thiophene rings is 1. The van der Waals surface area contributed by atoms with Crippen molar-refractivity contribution in [3.05, 3.63) is 58.3 Å². The second kappa shape index (κ2) is 7.91. The van der Waals surface area contributed by atoms with Crippen LogP contribution in [0.15, 0.2) is 47.2 Å². The molecule has 2 aromatic rings. The van der Waals surface area contributed by atoms with Crippen molar-refractivity contribution < 1.29 is 5.11 Å². The first kappa shape index (κ1) is 15.7. The summed E-state index contributed by atoms with van der Waals surface area (Å²) in [5.41, 5.74) is 2.75. The average Bonchev–Trinajstić information content (AvgIpc) is 3.07. The predicted molar refractivity (Wildman–Crippen MR) is 93.1 cm³/mol. The molecule has 3 heteroatoms. The van der Waals surface area contributed by atoms with Gasteiger partial charge < -0.3 is 5.11 Å². The Morgan fingerprint density at radius 2 is 1.86 bits per heavy atom. The van der Waals surface area contributed by atoms with Crippen molar-refractivity contribution in [3.63, 3.8) is 0 Å². The first-order chi connectivity index (χ1) is 10.8. The molecule has 2 nitrogen and oxygen atoms in total. The summed E-state index contributed by atoms with van der Waals surface area (Å²) in [6, 6.07) is 12.7. The highest BCUT2D eigenvalue weighted by molar-refractivity contribution is 7.07. The summed E-state index contributed by atoms with van der Waals surface area (Å²) in [6.07, 6.45) is 3.97. The maximum Gasteiger partial charge on any atom is 0.0572 e. The minimum absolute atomic E-state index is 0.150. The van der Waals surface area contributed by atoms with E-state index >= 15 is 0 Å².